The van der Waals surface area contributed by atoms with Crippen LogP contribution in [0.5, 0.6) is 0 Å². The monoisotopic (exact) mass is 267 g/mol. The van der Waals surface area contributed by atoms with E-state index in [1.807, 2.05) is 13.8 Å². The Morgan fingerprint density at radius 3 is 2.74 bits per heavy atom. The molecule has 2 atom stereocenters. The lowest BCUT2D eigenvalue weighted by Crippen LogP contribution is -2.54. The molecule has 0 bridgehead atoms. The van der Waals surface area contributed by atoms with E-state index in [-0.39, 0.29) is 5.54 Å². The van der Waals surface area contributed by atoms with E-state index in [1.165, 1.54) is 19.4 Å². The summed E-state index contributed by atoms with van der Waals surface area (Å²) in [5.41, 5.74) is 5.72. The number of nitrogens with zero attached hydrogens (tertiary/aromatic N) is 2. The van der Waals surface area contributed by atoms with Crippen LogP contribution in [0.25, 0.3) is 0 Å². The summed E-state index contributed by atoms with van der Waals surface area (Å²) in [7, 11) is 2.23. The molecule has 0 spiro atoms. The number of hydrogen-bond donors (Lipinski definition) is 1. The standard InChI is InChI=1S/C15H29N3O/c1-15(2,16)8-6-14(19)18-10-7-13-12(11-18)5-4-9-17(13)3/h12-13H,4-11,16H2,1-3H3. The first-order valence-electron chi connectivity index (χ1n) is 7.64. The van der Waals surface area contributed by atoms with Gasteiger partial charge in [0.05, 0.1) is 0 Å². The quantitative estimate of drug-likeness (QED) is 0.842. The van der Waals surface area contributed by atoms with E-state index in [4.69, 9.17) is 5.73 Å². The molecular formula is C15H29N3O. The van der Waals surface area contributed by atoms with Crippen molar-refractivity contribution in [3.63, 3.8) is 0 Å². The normalized spacial score (nSPS) is 29.2. The van der Waals surface area contributed by atoms with Crippen LogP contribution in [0.15, 0.2) is 0 Å². The Balaban J connectivity index is 1.85. The van der Waals surface area contributed by atoms with E-state index in [9.17, 15) is 4.79 Å². The fraction of sp³-hybridized carbons (Fsp3) is 0.933. The summed E-state index contributed by atoms with van der Waals surface area (Å²) < 4.78 is 0. The fourth-order valence-corrected chi connectivity index (χ4v) is 3.47. The first kappa shape index (κ1) is 14.8. The van der Waals surface area contributed by atoms with Gasteiger partial charge < -0.3 is 15.5 Å². The maximum absolute atomic E-state index is 12.3. The minimum Gasteiger partial charge on any atom is -0.342 e. The SMILES string of the molecule is CN1CCCC2CN(C(=O)CCC(C)(C)N)CCC21. The highest BCUT2D eigenvalue weighted by Gasteiger charge is 2.35. The molecule has 0 radical (unpaired) electrons. The van der Waals surface area contributed by atoms with Gasteiger partial charge in [-0.1, -0.05) is 0 Å². The van der Waals surface area contributed by atoms with Crippen LogP contribution >= 0.6 is 0 Å². The summed E-state index contributed by atoms with van der Waals surface area (Å²) in [6.07, 6.45) is 5.06. The second-order valence-corrected chi connectivity index (χ2v) is 7.07. The average molecular weight is 267 g/mol. The Bertz CT molecular complexity index is 324. The molecular weight excluding hydrogens is 238 g/mol. The molecule has 0 aromatic heterocycles. The predicted octanol–water partition coefficient (Wildman–Crippen LogP) is 1.45. The molecule has 0 aromatic carbocycles. The highest BCUT2D eigenvalue weighted by Crippen LogP contribution is 2.29. The molecule has 2 aliphatic heterocycles. The Labute approximate surface area is 117 Å². The van der Waals surface area contributed by atoms with Crippen LogP contribution in [-0.4, -0.2) is 54.0 Å². The van der Waals surface area contributed by atoms with Crippen molar-refractivity contribution in [2.45, 2.75) is 57.5 Å². The Hall–Kier alpha value is -0.610. The van der Waals surface area contributed by atoms with Crippen molar-refractivity contribution < 1.29 is 4.79 Å². The van der Waals surface area contributed by atoms with Gasteiger partial charge in [0, 0.05) is 31.1 Å². The fourth-order valence-electron chi connectivity index (χ4n) is 3.47. The van der Waals surface area contributed by atoms with Crippen molar-refractivity contribution in [2.24, 2.45) is 11.7 Å². The lowest BCUT2D eigenvalue weighted by molar-refractivity contribution is -0.135. The van der Waals surface area contributed by atoms with Gasteiger partial charge in [-0.3, -0.25) is 4.79 Å². The number of carbonyl (C=O) groups excluding carboxylic acids is 1. The van der Waals surface area contributed by atoms with Crippen molar-refractivity contribution >= 4 is 5.91 Å². The van der Waals surface area contributed by atoms with Gasteiger partial charge in [-0.2, -0.15) is 0 Å². The van der Waals surface area contributed by atoms with Crippen LogP contribution in [-0.2, 0) is 4.79 Å². The second-order valence-electron chi connectivity index (χ2n) is 7.07. The third-order valence-corrected chi connectivity index (χ3v) is 4.68. The van der Waals surface area contributed by atoms with Crippen LogP contribution in [0, 0.1) is 5.92 Å². The van der Waals surface area contributed by atoms with Gasteiger partial charge in [0.1, 0.15) is 0 Å². The molecule has 0 saturated carbocycles. The van der Waals surface area contributed by atoms with E-state index >= 15 is 0 Å². The van der Waals surface area contributed by atoms with Gasteiger partial charge >= 0.3 is 0 Å². The van der Waals surface area contributed by atoms with Crippen molar-refractivity contribution in [3.8, 4) is 0 Å². The maximum Gasteiger partial charge on any atom is 0.222 e. The van der Waals surface area contributed by atoms with Gasteiger partial charge in [-0.15, -0.1) is 0 Å². The summed E-state index contributed by atoms with van der Waals surface area (Å²) in [4.78, 5) is 16.8. The van der Waals surface area contributed by atoms with Crippen LogP contribution in [0.1, 0.15) is 46.0 Å². The van der Waals surface area contributed by atoms with Gasteiger partial charge in [0.25, 0.3) is 0 Å². The van der Waals surface area contributed by atoms with Crippen LogP contribution < -0.4 is 5.73 Å². The Morgan fingerprint density at radius 1 is 1.32 bits per heavy atom. The van der Waals surface area contributed by atoms with Crippen molar-refractivity contribution in [2.75, 3.05) is 26.7 Å². The molecule has 0 aromatic rings. The number of amides is 1. The molecule has 2 heterocycles. The number of rotatable bonds is 3. The summed E-state index contributed by atoms with van der Waals surface area (Å²) in [5, 5.41) is 0. The van der Waals surface area contributed by atoms with Crippen molar-refractivity contribution in [1.29, 1.82) is 0 Å². The molecule has 1 amide bonds. The zero-order valence-electron chi connectivity index (χ0n) is 12.7. The molecule has 2 saturated heterocycles. The van der Waals surface area contributed by atoms with E-state index in [2.05, 4.69) is 16.8 Å². The largest absolute Gasteiger partial charge is 0.342 e. The summed E-state index contributed by atoms with van der Waals surface area (Å²) in [5.74, 6) is 0.979. The van der Waals surface area contributed by atoms with Crippen LogP contribution in [0.2, 0.25) is 0 Å². The van der Waals surface area contributed by atoms with Crippen LogP contribution in [0.4, 0.5) is 0 Å². The van der Waals surface area contributed by atoms with E-state index in [1.54, 1.807) is 0 Å². The molecule has 4 nitrogen and oxygen atoms in total. The molecule has 2 N–H and O–H groups in total. The van der Waals surface area contributed by atoms with E-state index < -0.39 is 0 Å². The van der Waals surface area contributed by atoms with E-state index in [0.717, 1.165) is 25.9 Å². The minimum atomic E-state index is -0.237. The number of fused-ring (bicyclic) bond motifs is 1. The Kier molecular flexibility index (Phi) is 4.51. The van der Waals surface area contributed by atoms with Gasteiger partial charge in [-0.25, -0.2) is 0 Å². The van der Waals surface area contributed by atoms with Crippen molar-refractivity contribution in [3.05, 3.63) is 0 Å². The maximum atomic E-state index is 12.3. The topological polar surface area (TPSA) is 49.6 Å². The number of likely N-dealkylation sites (tertiary alicyclic amines) is 2. The third-order valence-electron chi connectivity index (χ3n) is 4.68. The summed E-state index contributed by atoms with van der Waals surface area (Å²) in [6.45, 7) is 7.08. The lowest BCUT2D eigenvalue weighted by Gasteiger charge is -2.46. The first-order chi connectivity index (χ1) is 8.87. The molecule has 2 unspecified atom stereocenters. The molecule has 2 rings (SSSR count). The van der Waals surface area contributed by atoms with E-state index in [0.29, 0.717) is 24.3 Å². The highest BCUT2D eigenvalue weighted by atomic mass is 16.2. The molecule has 19 heavy (non-hydrogen) atoms. The zero-order valence-corrected chi connectivity index (χ0v) is 12.7. The predicted molar refractivity (Wildman–Crippen MR) is 77.8 cm³/mol. The number of nitrogens with two attached hydrogens (primary N) is 1. The highest BCUT2D eigenvalue weighted by molar-refractivity contribution is 5.76. The van der Waals surface area contributed by atoms with Crippen LogP contribution in [0.3, 0.4) is 0 Å². The summed E-state index contributed by atoms with van der Waals surface area (Å²) in [6, 6.07) is 0.698. The number of carbonyl (C=O) groups is 1. The van der Waals surface area contributed by atoms with Gasteiger partial charge in [0.2, 0.25) is 5.91 Å². The molecule has 0 aliphatic carbocycles. The smallest absolute Gasteiger partial charge is 0.222 e. The zero-order chi connectivity index (χ0) is 14.0. The molecule has 2 aliphatic rings. The Morgan fingerprint density at radius 2 is 2.05 bits per heavy atom. The summed E-state index contributed by atoms with van der Waals surface area (Å²) >= 11 is 0. The molecule has 110 valence electrons. The minimum absolute atomic E-state index is 0.237. The molecule has 4 heteroatoms. The number of piperidine rings is 2. The number of hydrogen-bond acceptors (Lipinski definition) is 3. The van der Waals surface area contributed by atoms with Gasteiger partial charge in [0.15, 0.2) is 0 Å². The first-order valence-corrected chi connectivity index (χ1v) is 7.64. The molecule has 2 fully saturated rings. The third kappa shape index (κ3) is 3.93. The lowest BCUT2D eigenvalue weighted by atomic mass is 9.84. The second kappa shape index (κ2) is 5.80. The van der Waals surface area contributed by atoms with Crippen molar-refractivity contribution in [1.82, 2.24) is 9.80 Å². The van der Waals surface area contributed by atoms with Gasteiger partial charge in [-0.05, 0) is 59.0 Å². The average Bonchev–Trinajstić information content (AvgIpc) is 2.35.